The zero-order valence-corrected chi connectivity index (χ0v) is 56.8. The fourth-order valence-corrected chi connectivity index (χ4v) is 16.9. The van der Waals surface area contributed by atoms with E-state index in [-0.39, 0.29) is 84.2 Å². The highest BCUT2D eigenvalue weighted by atomic mass is 35.5. The van der Waals surface area contributed by atoms with Gasteiger partial charge in [0.05, 0.1) is 34.4 Å². The quantitative estimate of drug-likeness (QED) is 0.0130. The number of unbranched alkanes of at least 4 members (excludes halogenated alkanes) is 2. The first-order valence-corrected chi connectivity index (χ1v) is 35.2. The monoisotopic (exact) mass is 1360 g/mol. The number of alkyl halides is 1. The average molecular weight is 1360 g/mol. The molecule has 4 aliphatic carbocycles. The first-order valence-electron chi connectivity index (χ1n) is 32.3. The number of anilines is 3. The Morgan fingerprint density at radius 1 is 0.811 bits per heavy atom. The number of halogens is 1. The highest BCUT2D eigenvalue weighted by Crippen LogP contribution is 2.72. The first kappa shape index (κ1) is 69.8. The Morgan fingerprint density at radius 2 is 1.56 bits per heavy atom. The van der Waals surface area contributed by atoms with Gasteiger partial charge in [0.25, 0.3) is 16.0 Å². The highest BCUT2D eigenvalue weighted by Gasteiger charge is 2.66. The second-order valence-corrected chi connectivity index (χ2v) is 30.1. The Kier molecular flexibility index (Phi) is 21.4. The van der Waals surface area contributed by atoms with Crippen molar-refractivity contribution in [1.82, 2.24) is 40.6 Å². The van der Waals surface area contributed by atoms with Gasteiger partial charge >= 0.3 is 12.1 Å². The number of ether oxygens (including phenoxy) is 2. The van der Waals surface area contributed by atoms with Gasteiger partial charge in [-0.2, -0.15) is 13.5 Å². The lowest BCUT2D eigenvalue weighted by atomic mass is 9.39. The molecule has 5 aliphatic rings. The minimum absolute atomic E-state index is 0.0328. The summed E-state index contributed by atoms with van der Waals surface area (Å²) in [5.41, 5.74) is 4.86. The molecule has 11 rings (SSSR count). The topological polar surface area (TPSA) is 323 Å². The van der Waals surface area contributed by atoms with E-state index < -0.39 is 57.4 Å². The third-order valence-electron chi connectivity index (χ3n) is 18.7. The molecule has 27 heteroatoms. The van der Waals surface area contributed by atoms with Gasteiger partial charge in [0.2, 0.25) is 23.6 Å². The number of aromatic carboxylic acids is 1. The van der Waals surface area contributed by atoms with E-state index in [0.717, 1.165) is 59.1 Å². The lowest BCUT2D eigenvalue weighted by Crippen LogP contribution is -2.64. The first-order chi connectivity index (χ1) is 45.1. The third-order valence-corrected chi connectivity index (χ3v) is 20.6. The van der Waals surface area contributed by atoms with Crippen molar-refractivity contribution in [3.63, 3.8) is 0 Å². The molecule has 4 atom stereocenters. The van der Waals surface area contributed by atoms with E-state index in [4.69, 9.17) is 31.2 Å². The van der Waals surface area contributed by atoms with Crippen LogP contribution >= 0.6 is 22.9 Å². The predicted molar refractivity (Wildman–Crippen MR) is 361 cm³/mol. The van der Waals surface area contributed by atoms with Gasteiger partial charge in [-0.1, -0.05) is 81.9 Å². The molecule has 1 aliphatic heterocycles. The van der Waals surface area contributed by atoms with Crippen molar-refractivity contribution in [3.05, 3.63) is 119 Å². The van der Waals surface area contributed by atoms with Crippen LogP contribution in [0.1, 0.15) is 142 Å². The Bertz CT molecular complexity index is 3940. The van der Waals surface area contributed by atoms with Crippen LogP contribution in [0, 0.1) is 29.1 Å². The highest BCUT2D eigenvalue weighted by molar-refractivity contribution is 7.85. The molecule has 3 aromatic carbocycles. The van der Waals surface area contributed by atoms with Crippen LogP contribution in [0.4, 0.5) is 21.4 Å². The molecule has 0 spiro atoms. The second-order valence-electron chi connectivity index (χ2n) is 27.3. The molecule has 7 N–H and O–H groups in total. The Morgan fingerprint density at radius 3 is 2.26 bits per heavy atom. The van der Waals surface area contributed by atoms with E-state index in [1.807, 2.05) is 59.0 Å². The van der Waals surface area contributed by atoms with Crippen LogP contribution in [0.25, 0.3) is 21.3 Å². The summed E-state index contributed by atoms with van der Waals surface area (Å²) < 4.78 is 49.4. The van der Waals surface area contributed by atoms with Gasteiger partial charge in [-0.05, 0) is 153 Å². The number of fused-ring (bicyclic) bond motifs is 2. The fourth-order valence-electron chi connectivity index (χ4n) is 15.5. The van der Waals surface area contributed by atoms with Gasteiger partial charge in [-0.15, -0.1) is 11.6 Å². The number of amides is 6. The van der Waals surface area contributed by atoms with Crippen LogP contribution in [0.3, 0.4) is 0 Å². The van der Waals surface area contributed by atoms with Crippen molar-refractivity contribution < 1.29 is 61.1 Å². The molecule has 0 radical (unpaired) electrons. The summed E-state index contributed by atoms with van der Waals surface area (Å²) in [4.78, 5) is 104. The minimum Gasteiger partial charge on any atom is -0.476 e. The van der Waals surface area contributed by atoms with Crippen molar-refractivity contribution in [2.75, 3.05) is 60.0 Å². The van der Waals surface area contributed by atoms with Gasteiger partial charge in [0.15, 0.2) is 10.8 Å². The molecule has 508 valence electrons. The number of carboxylic acids is 1. The molecule has 95 heavy (non-hydrogen) atoms. The van der Waals surface area contributed by atoms with E-state index >= 15 is 0 Å². The molecule has 3 unspecified atom stereocenters. The summed E-state index contributed by atoms with van der Waals surface area (Å²) in [6.07, 6.45) is 8.71. The number of nitrogens with one attached hydrogen (secondary N) is 5. The summed E-state index contributed by atoms with van der Waals surface area (Å²) in [6, 6.07) is 21.6. The molecule has 3 aromatic heterocycles. The van der Waals surface area contributed by atoms with Crippen LogP contribution in [0.15, 0.2) is 85.1 Å². The molecular formula is C68H84ClN11O13S2. The van der Waals surface area contributed by atoms with Crippen molar-refractivity contribution in [2.45, 2.75) is 150 Å². The number of aromatic nitrogens is 4. The smallest absolute Gasteiger partial charge is 0.410 e. The summed E-state index contributed by atoms with van der Waals surface area (Å²) in [5, 5.41) is 30.0. The van der Waals surface area contributed by atoms with Crippen molar-refractivity contribution in [2.24, 2.45) is 22.2 Å². The van der Waals surface area contributed by atoms with Gasteiger partial charge < -0.3 is 45.6 Å². The number of hydrogen-bond acceptors (Lipinski definition) is 16. The maximum absolute atomic E-state index is 13.8. The standard InChI is InChI=1S/C68H84ClN11O13S2/c1-42(2)57(76-55(81)17-8-7-11-25-70-56(82)31-69)61(85)72-43(3)59(83)73-47-20-18-45(19-21-47)34-92-64(88)78(28-30-95(89,90)91)27-29-93-68-38-65(5)35-66(6,39-68)37-67(36-65,40-68)41-80-44(4)50(32-71-80)48-22-23-54(75-58(48)62(86)87)79-26-24-46-13-12-14-49(51(46)33-79)60(84)77-63-74-52-15-9-10-16-53(52)94-63/h9-10,12-16,18-23,32,42-43,57H,7-8,11,17,24-31,33-41H2,1-6H3,(H,70,82)(H,72,85)(H,73,83)(H,76,81)(H,86,87)(H,74,77,84)(H,89,90,91)/t43-,57?,65?,66?,67?,68?/m0/s1. The number of benzene rings is 3. The molecule has 0 saturated heterocycles. The number of carbonyl (C=O) groups is 7. The SMILES string of the molecule is Cc1c(-c2ccc(N3CCc4cccc(C(=O)Nc5nc6ccccc6s5)c4C3)nc2C(=O)O)cnn1CC12CC3(C)CC(C)(C1)CC(OCCN(CCS(=O)(=O)O)C(=O)OCc1ccc(NC(=O)[C@H](C)NC(=O)C(NC(=O)CCCCCNC(=O)CCl)C(C)C)cc1)(C3)C2. The van der Waals surface area contributed by atoms with Crippen LogP contribution in [-0.2, 0) is 64.9 Å². The van der Waals surface area contributed by atoms with E-state index in [0.29, 0.717) is 97.2 Å². The number of nitrogens with zero attached hydrogens (tertiary/aromatic N) is 6. The van der Waals surface area contributed by atoms with Crippen molar-refractivity contribution in [1.29, 1.82) is 0 Å². The largest absolute Gasteiger partial charge is 0.476 e. The zero-order chi connectivity index (χ0) is 68.0. The molecule has 4 fully saturated rings. The van der Waals surface area contributed by atoms with Gasteiger partial charge in [0.1, 0.15) is 30.4 Å². The maximum atomic E-state index is 13.8. The van der Waals surface area contributed by atoms with Crippen molar-refractivity contribution in [3.8, 4) is 11.1 Å². The van der Waals surface area contributed by atoms with Crippen LogP contribution < -0.4 is 31.5 Å². The number of carbonyl (C=O) groups excluding carboxylic acids is 6. The van der Waals surface area contributed by atoms with Crippen LogP contribution in [0.5, 0.6) is 0 Å². The number of hydrogen-bond donors (Lipinski definition) is 7. The Labute approximate surface area is 561 Å². The summed E-state index contributed by atoms with van der Waals surface area (Å²) >= 11 is 6.90. The molecule has 6 amide bonds. The molecule has 6 aromatic rings. The lowest BCUT2D eigenvalue weighted by molar-refractivity contribution is -0.248. The minimum atomic E-state index is -4.47. The normalized spacial score (nSPS) is 21.0. The summed E-state index contributed by atoms with van der Waals surface area (Å²) in [5.74, 6) is -3.71. The molecular weight excluding hydrogens is 1280 g/mol. The number of thiazole rings is 1. The van der Waals surface area contributed by atoms with Gasteiger partial charge in [0, 0.05) is 73.8 Å². The van der Waals surface area contributed by atoms with Crippen molar-refractivity contribution >= 4 is 102 Å². The molecule has 4 saturated carbocycles. The average Bonchev–Trinajstić information content (AvgIpc) is 0.791. The predicted octanol–water partition coefficient (Wildman–Crippen LogP) is 9.54. The van der Waals surface area contributed by atoms with Gasteiger partial charge in [-0.3, -0.25) is 38.5 Å². The number of carboxylic acid groups (broad SMARTS) is 1. The third kappa shape index (κ3) is 17.2. The number of rotatable bonds is 29. The van der Waals surface area contributed by atoms with E-state index in [1.165, 1.54) is 23.2 Å². The van der Waals surface area contributed by atoms with Gasteiger partial charge in [-0.25, -0.2) is 19.6 Å². The Hall–Kier alpha value is -8.04. The molecule has 4 bridgehead atoms. The van der Waals surface area contributed by atoms with E-state index in [2.05, 4.69) is 45.4 Å². The summed E-state index contributed by atoms with van der Waals surface area (Å²) in [7, 11) is -4.47. The van der Waals surface area contributed by atoms with Crippen LogP contribution in [-0.4, -0.2) is 146 Å². The fraction of sp³-hybridized carbons (Fsp3) is 0.500. The number of pyridine rings is 1. The van der Waals surface area contributed by atoms with E-state index in [9.17, 15) is 51.6 Å². The molecule has 24 nitrogen and oxygen atoms in total. The summed E-state index contributed by atoms with van der Waals surface area (Å²) in [6.45, 7) is 13.0. The second kappa shape index (κ2) is 29.1. The lowest BCUT2D eigenvalue weighted by Gasteiger charge is -2.69. The zero-order valence-electron chi connectivity index (χ0n) is 54.4. The number of para-hydroxylation sites is 1. The Balaban J connectivity index is 0.738. The van der Waals surface area contributed by atoms with Crippen LogP contribution in [0.2, 0.25) is 0 Å². The van der Waals surface area contributed by atoms with E-state index in [1.54, 1.807) is 56.4 Å². The molecule has 4 heterocycles. The maximum Gasteiger partial charge on any atom is 0.410 e.